The summed E-state index contributed by atoms with van der Waals surface area (Å²) in [6.07, 6.45) is 3.93. The summed E-state index contributed by atoms with van der Waals surface area (Å²) in [6, 6.07) is 6.81. The fraction of sp³-hybridized carbons (Fsp3) is 0.278. The zero-order valence-corrected chi connectivity index (χ0v) is 14.1. The fourth-order valence-electron chi connectivity index (χ4n) is 3.02. The van der Waals surface area contributed by atoms with Crippen molar-refractivity contribution in [2.75, 3.05) is 13.1 Å². The van der Waals surface area contributed by atoms with Crippen LogP contribution >= 0.6 is 0 Å². The Morgan fingerprint density at radius 2 is 1.93 bits per heavy atom. The number of fused-ring (bicyclic) bond motifs is 1. The van der Waals surface area contributed by atoms with E-state index < -0.39 is 5.92 Å². The summed E-state index contributed by atoms with van der Waals surface area (Å²) in [5.41, 5.74) is 1.27. The average Bonchev–Trinajstić information content (AvgIpc) is 3.10. The summed E-state index contributed by atoms with van der Waals surface area (Å²) in [6.45, 7) is 0.0582. The summed E-state index contributed by atoms with van der Waals surface area (Å²) >= 11 is 0. The van der Waals surface area contributed by atoms with Crippen molar-refractivity contribution in [3.05, 3.63) is 48.0 Å². The second-order valence-electron chi connectivity index (χ2n) is 6.35. The molecule has 1 aliphatic heterocycles. The lowest BCUT2D eigenvalue weighted by molar-refractivity contribution is -0.0494. The molecule has 0 atom stereocenters. The molecule has 0 bridgehead atoms. The minimum absolute atomic E-state index is 0.0291. The summed E-state index contributed by atoms with van der Waals surface area (Å²) in [5.74, 6) is -2.54. The molecule has 9 heteroatoms. The minimum Gasteiger partial charge on any atom is -0.338 e. The Morgan fingerprint density at radius 1 is 1.15 bits per heavy atom. The topological polar surface area (TPSA) is 87.7 Å². The number of amides is 1. The van der Waals surface area contributed by atoms with Gasteiger partial charge in [0.15, 0.2) is 5.82 Å². The average molecular weight is 368 g/mol. The number of hydrogen-bond acceptors (Lipinski definition) is 5. The Morgan fingerprint density at radius 3 is 2.59 bits per heavy atom. The first-order valence-corrected chi connectivity index (χ1v) is 8.34. The second-order valence-corrected chi connectivity index (χ2v) is 6.35. The number of alkyl halides is 2. The molecule has 4 rings (SSSR count). The lowest BCUT2D eigenvalue weighted by atomic mass is 10.1. The second kappa shape index (κ2) is 6.39. The van der Waals surface area contributed by atoms with Crippen LogP contribution in [0.4, 0.5) is 8.78 Å². The maximum Gasteiger partial charge on any atom is 0.255 e. The number of aromatic nitrogens is 4. The molecule has 136 valence electrons. The smallest absolute Gasteiger partial charge is 0.255 e. The summed E-state index contributed by atoms with van der Waals surface area (Å²) in [7, 11) is 0. The van der Waals surface area contributed by atoms with Gasteiger partial charge in [-0.2, -0.15) is 10.4 Å². The zero-order valence-electron chi connectivity index (χ0n) is 14.1. The molecule has 3 aromatic heterocycles. The Balaban J connectivity index is 1.58. The predicted molar refractivity (Wildman–Crippen MR) is 91.5 cm³/mol. The molecule has 0 saturated carbocycles. The Hall–Kier alpha value is -3.41. The highest BCUT2D eigenvalue weighted by Gasteiger charge is 2.35. The van der Waals surface area contributed by atoms with Gasteiger partial charge in [-0.3, -0.25) is 4.79 Å². The monoisotopic (exact) mass is 368 g/mol. The van der Waals surface area contributed by atoms with Crippen molar-refractivity contribution in [1.29, 1.82) is 5.26 Å². The van der Waals surface area contributed by atoms with Crippen molar-refractivity contribution in [1.82, 2.24) is 24.6 Å². The van der Waals surface area contributed by atoms with E-state index >= 15 is 0 Å². The van der Waals surface area contributed by atoms with Crippen LogP contribution in [0.3, 0.4) is 0 Å². The summed E-state index contributed by atoms with van der Waals surface area (Å²) in [4.78, 5) is 22.2. The van der Waals surface area contributed by atoms with Gasteiger partial charge in [0.25, 0.3) is 11.8 Å². The van der Waals surface area contributed by atoms with Gasteiger partial charge in [-0.05, 0) is 12.1 Å². The van der Waals surface area contributed by atoms with Crippen molar-refractivity contribution in [3.8, 4) is 11.9 Å². The number of nitrogens with zero attached hydrogens (tertiary/aromatic N) is 6. The lowest BCUT2D eigenvalue weighted by Crippen LogP contribution is -2.42. The number of carbonyl (C=O) groups is 1. The normalized spacial score (nSPS) is 16.3. The third kappa shape index (κ3) is 3.21. The van der Waals surface area contributed by atoms with E-state index in [1.165, 1.54) is 11.1 Å². The number of rotatable bonds is 2. The first-order chi connectivity index (χ1) is 13.0. The third-order valence-corrected chi connectivity index (χ3v) is 4.56. The van der Waals surface area contributed by atoms with Crippen LogP contribution in [0.25, 0.3) is 16.7 Å². The van der Waals surface area contributed by atoms with Crippen molar-refractivity contribution >= 4 is 16.8 Å². The molecule has 27 heavy (non-hydrogen) atoms. The molecule has 0 aliphatic carbocycles. The standard InChI is InChI=1S/C18H14F2N6O/c19-18(20)3-5-25(6-4-18)17(27)12-1-2-16(23-9-12)26-15-7-14(8-21)22-10-13(15)11-24-26/h1-2,7,9-11H,3-6H2. The van der Waals surface area contributed by atoms with Crippen LogP contribution in [-0.2, 0) is 0 Å². The molecular formula is C18H14F2N6O. The van der Waals surface area contributed by atoms with Crippen molar-refractivity contribution < 1.29 is 13.6 Å². The number of carbonyl (C=O) groups excluding carboxylic acids is 1. The van der Waals surface area contributed by atoms with Gasteiger partial charge in [0, 0.05) is 49.8 Å². The highest BCUT2D eigenvalue weighted by atomic mass is 19.3. The van der Waals surface area contributed by atoms with Crippen LogP contribution in [-0.4, -0.2) is 49.6 Å². The molecular weight excluding hydrogens is 354 g/mol. The maximum absolute atomic E-state index is 13.3. The number of halogens is 2. The van der Waals surface area contributed by atoms with Crippen LogP contribution in [0.2, 0.25) is 0 Å². The van der Waals surface area contributed by atoms with Gasteiger partial charge < -0.3 is 4.90 Å². The largest absolute Gasteiger partial charge is 0.338 e. The predicted octanol–water partition coefficient (Wildman–Crippen LogP) is 2.56. The molecule has 3 aromatic rings. The van der Waals surface area contributed by atoms with Gasteiger partial charge in [-0.1, -0.05) is 0 Å². The lowest BCUT2D eigenvalue weighted by Gasteiger charge is -2.31. The first-order valence-electron chi connectivity index (χ1n) is 8.34. The van der Waals surface area contributed by atoms with Crippen LogP contribution in [0.1, 0.15) is 28.9 Å². The highest BCUT2D eigenvalue weighted by molar-refractivity contribution is 5.94. The highest BCUT2D eigenvalue weighted by Crippen LogP contribution is 2.28. The van der Waals surface area contributed by atoms with E-state index in [2.05, 4.69) is 15.1 Å². The van der Waals surface area contributed by atoms with Crippen molar-refractivity contribution in [2.45, 2.75) is 18.8 Å². The molecule has 1 saturated heterocycles. The molecule has 0 N–H and O–H groups in total. The number of hydrogen-bond donors (Lipinski definition) is 0. The van der Waals surface area contributed by atoms with E-state index in [0.29, 0.717) is 16.9 Å². The molecule has 1 aliphatic rings. The molecule has 0 aromatic carbocycles. The quantitative estimate of drug-likeness (QED) is 0.694. The molecule has 1 fully saturated rings. The first kappa shape index (κ1) is 17.0. The number of pyridine rings is 2. The van der Waals surface area contributed by atoms with E-state index in [1.807, 2.05) is 6.07 Å². The molecule has 4 heterocycles. The minimum atomic E-state index is -2.70. The van der Waals surface area contributed by atoms with Gasteiger partial charge in [0.05, 0.1) is 17.3 Å². The van der Waals surface area contributed by atoms with Crippen molar-refractivity contribution in [2.24, 2.45) is 0 Å². The number of likely N-dealkylation sites (tertiary alicyclic amines) is 1. The van der Waals surface area contributed by atoms with Crippen LogP contribution < -0.4 is 0 Å². The Labute approximate surface area is 152 Å². The molecule has 7 nitrogen and oxygen atoms in total. The van der Waals surface area contributed by atoms with Crippen LogP contribution in [0, 0.1) is 11.3 Å². The van der Waals surface area contributed by atoms with E-state index in [1.54, 1.807) is 35.3 Å². The molecule has 0 radical (unpaired) electrons. The van der Waals surface area contributed by atoms with Crippen LogP contribution in [0.15, 0.2) is 36.8 Å². The maximum atomic E-state index is 13.3. The van der Waals surface area contributed by atoms with Gasteiger partial charge in [-0.15, -0.1) is 0 Å². The number of piperidine rings is 1. The Bertz CT molecular complexity index is 1040. The Kier molecular flexibility index (Phi) is 4.03. The van der Waals surface area contributed by atoms with Crippen molar-refractivity contribution in [3.63, 3.8) is 0 Å². The molecule has 0 spiro atoms. The van der Waals surface area contributed by atoms with E-state index in [9.17, 15) is 13.6 Å². The SMILES string of the molecule is N#Cc1cc2c(cn1)cnn2-c1ccc(C(=O)N2CCC(F)(F)CC2)cn1. The summed E-state index contributed by atoms with van der Waals surface area (Å²) < 4.78 is 28.1. The number of nitriles is 1. The third-order valence-electron chi connectivity index (χ3n) is 4.56. The zero-order chi connectivity index (χ0) is 19.0. The van der Waals surface area contributed by atoms with E-state index in [0.717, 1.165) is 5.39 Å². The van der Waals surface area contributed by atoms with Gasteiger partial charge >= 0.3 is 0 Å². The van der Waals surface area contributed by atoms with Crippen LogP contribution in [0.5, 0.6) is 0 Å². The van der Waals surface area contributed by atoms with Gasteiger partial charge in [0.2, 0.25) is 0 Å². The molecule has 0 unspecified atom stereocenters. The van der Waals surface area contributed by atoms with Gasteiger partial charge in [-0.25, -0.2) is 23.4 Å². The van der Waals surface area contributed by atoms with Gasteiger partial charge in [0.1, 0.15) is 11.8 Å². The summed E-state index contributed by atoms with van der Waals surface area (Å²) in [5, 5.41) is 14.0. The molecule has 1 amide bonds. The van der Waals surface area contributed by atoms with E-state index in [4.69, 9.17) is 5.26 Å². The van der Waals surface area contributed by atoms with E-state index in [-0.39, 0.29) is 37.5 Å². The fourth-order valence-corrected chi connectivity index (χ4v) is 3.02.